The normalized spacial score (nSPS) is 12.6. The summed E-state index contributed by atoms with van der Waals surface area (Å²) in [6.45, 7) is 4.53. The molecule has 1 atom stereocenters. The fraction of sp³-hybridized carbons (Fsp3) is 0.200. The lowest BCUT2D eigenvalue weighted by Gasteiger charge is -2.43. The van der Waals surface area contributed by atoms with E-state index in [0.29, 0.717) is 0 Å². The van der Waals surface area contributed by atoms with Crippen LogP contribution in [-0.2, 0) is 6.42 Å². The number of aliphatic hydroxyl groups is 1. The van der Waals surface area contributed by atoms with Crippen LogP contribution >= 0.6 is 7.26 Å². The Morgan fingerprint density at radius 1 is 0.606 bits per heavy atom. The molecule has 0 aliphatic carbocycles. The van der Waals surface area contributed by atoms with Gasteiger partial charge >= 0.3 is 0 Å². The minimum Gasteiger partial charge on any atom is -1.00 e. The first-order chi connectivity index (χ1) is 15.6. The summed E-state index contributed by atoms with van der Waals surface area (Å²) in [7, 11) is -2.18. The minimum atomic E-state index is -2.18. The third kappa shape index (κ3) is 4.92. The third-order valence-corrected chi connectivity index (χ3v) is 11.9. The van der Waals surface area contributed by atoms with Crippen molar-refractivity contribution < 1.29 is 17.5 Å². The Labute approximate surface area is 205 Å². The molecule has 1 unspecified atom stereocenters. The highest BCUT2D eigenvalue weighted by atomic mass is 35.5. The topological polar surface area (TPSA) is 20.2 Å². The number of benzene rings is 4. The predicted octanol–water partition coefficient (Wildman–Crippen LogP) is 2.76. The van der Waals surface area contributed by atoms with Crippen LogP contribution in [0.1, 0.15) is 25.8 Å². The second-order valence-electron chi connectivity index (χ2n) is 8.87. The quantitative estimate of drug-likeness (QED) is 0.389. The van der Waals surface area contributed by atoms with Gasteiger partial charge in [-0.2, -0.15) is 0 Å². The van der Waals surface area contributed by atoms with E-state index in [1.165, 1.54) is 21.5 Å². The molecule has 0 aliphatic rings. The average Bonchev–Trinajstić information content (AvgIpc) is 2.85. The third-order valence-electron chi connectivity index (χ3n) is 6.66. The van der Waals surface area contributed by atoms with Crippen LogP contribution in [0.25, 0.3) is 0 Å². The van der Waals surface area contributed by atoms with Gasteiger partial charge < -0.3 is 17.5 Å². The lowest BCUT2D eigenvalue weighted by Crippen LogP contribution is -3.00. The number of hydrogen-bond donors (Lipinski definition) is 1. The fourth-order valence-electron chi connectivity index (χ4n) is 4.93. The van der Waals surface area contributed by atoms with E-state index in [1.807, 2.05) is 6.07 Å². The molecule has 33 heavy (non-hydrogen) atoms. The molecule has 1 nitrogen and oxygen atoms in total. The van der Waals surface area contributed by atoms with Crippen molar-refractivity contribution in [2.45, 2.75) is 37.9 Å². The Bertz CT molecular complexity index is 1000. The van der Waals surface area contributed by atoms with Crippen LogP contribution in [0.15, 0.2) is 121 Å². The zero-order chi connectivity index (χ0) is 22.4. The Morgan fingerprint density at radius 3 is 1.30 bits per heavy atom. The van der Waals surface area contributed by atoms with E-state index in [4.69, 9.17) is 0 Å². The standard InChI is InChI=1S/C30H32OP.ClH/c1-30(2,29(31)24-23-25-15-7-3-8-16-25)32(26-17-9-4-10-18-26,27-19-11-5-12-20-27)28-21-13-6-14-22-28;/h3-22,29,31H,23-24H2,1-2H3;1H/q+1;/p-1. The Kier molecular flexibility index (Phi) is 8.49. The highest BCUT2D eigenvalue weighted by Gasteiger charge is 2.60. The summed E-state index contributed by atoms with van der Waals surface area (Å²) in [5.41, 5.74) is 1.27. The van der Waals surface area contributed by atoms with Crippen LogP contribution in [0.2, 0.25) is 0 Å². The van der Waals surface area contributed by atoms with Crippen molar-refractivity contribution in [3.05, 3.63) is 127 Å². The molecule has 0 fully saturated rings. The van der Waals surface area contributed by atoms with Gasteiger partial charge in [0.05, 0.1) is 6.10 Å². The summed E-state index contributed by atoms with van der Waals surface area (Å²) >= 11 is 0. The van der Waals surface area contributed by atoms with Crippen LogP contribution in [-0.4, -0.2) is 16.4 Å². The van der Waals surface area contributed by atoms with Gasteiger partial charge in [0.2, 0.25) is 0 Å². The van der Waals surface area contributed by atoms with Crippen LogP contribution in [0.4, 0.5) is 0 Å². The van der Waals surface area contributed by atoms with Crippen molar-refractivity contribution in [2.24, 2.45) is 0 Å². The fourth-order valence-corrected chi connectivity index (χ4v) is 10.3. The van der Waals surface area contributed by atoms with E-state index < -0.39 is 13.4 Å². The Balaban J connectivity index is 0.00000306. The number of aryl methyl sites for hydroxylation is 1. The summed E-state index contributed by atoms with van der Waals surface area (Å²) < 4.78 is 0. The first-order valence-electron chi connectivity index (χ1n) is 11.3. The molecule has 0 aromatic heterocycles. The molecule has 4 aromatic rings. The lowest BCUT2D eigenvalue weighted by atomic mass is 9.98. The molecule has 0 saturated heterocycles. The maximum atomic E-state index is 11.8. The monoisotopic (exact) mass is 474 g/mol. The summed E-state index contributed by atoms with van der Waals surface area (Å²) in [5.74, 6) is 0. The van der Waals surface area contributed by atoms with Crippen LogP contribution in [0.3, 0.4) is 0 Å². The smallest absolute Gasteiger partial charge is 0.120 e. The summed E-state index contributed by atoms with van der Waals surface area (Å²) in [6, 6.07) is 43.0. The van der Waals surface area contributed by atoms with Crippen LogP contribution in [0.5, 0.6) is 0 Å². The molecule has 3 heteroatoms. The number of hydrogen-bond acceptors (Lipinski definition) is 1. The SMILES string of the molecule is CC(C)(C(O)CCc1ccccc1)[P+](c1ccccc1)(c1ccccc1)c1ccccc1.[Cl-]. The van der Waals surface area contributed by atoms with Crippen LogP contribution < -0.4 is 28.3 Å². The van der Waals surface area contributed by atoms with Gasteiger partial charge in [0, 0.05) is 0 Å². The van der Waals surface area contributed by atoms with Crippen molar-refractivity contribution in [1.82, 2.24) is 0 Å². The highest BCUT2D eigenvalue weighted by Crippen LogP contribution is 2.67. The summed E-state index contributed by atoms with van der Waals surface area (Å²) in [5, 5.41) is 15.3. The maximum absolute atomic E-state index is 11.8. The van der Waals surface area contributed by atoms with Gasteiger partial charge in [0.15, 0.2) is 0 Å². The lowest BCUT2D eigenvalue weighted by molar-refractivity contribution is -0.00000798. The molecular weight excluding hydrogens is 443 g/mol. The van der Waals surface area contributed by atoms with Gasteiger partial charge in [-0.05, 0) is 68.7 Å². The second-order valence-corrected chi connectivity index (χ2v) is 12.9. The Morgan fingerprint density at radius 2 is 0.939 bits per heavy atom. The van der Waals surface area contributed by atoms with Crippen molar-refractivity contribution in [3.8, 4) is 0 Å². The highest BCUT2D eigenvalue weighted by molar-refractivity contribution is 7.96. The molecule has 1 N–H and O–H groups in total. The molecule has 4 rings (SSSR count). The van der Waals surface area contributed by atoms with Gasteiger partial charge in [-0.3, -0.25) is 0 Å². The molecule has 170 valence electrons. The summed E-state index contributed by atoms with van der Waals surface area (Å²) in [4.78, 5) is 0. The van der Waals surface area contributed by atoms with Crippen molar-refractivity contribution >= 4 is 23.2 Å². The first kappa shape index (κ1) is 25.2. The maximum Gasteiger partial charge on any atom is 0.120 e. The van der Waals surface area contributed by atoms with E-state index in [-0.39, 0.29) is 17.6 Å². The molecule has 0 spiro atoms. The number of rotatable bonds is 8. The van der Waals surface area contributed by atoms with Crippen molar-refractivity contribution in [1.29, 1.82) is 0 Å². The minimum absolute atomic E-state index is 0. The molecule has 4 aromatic carbocycles. The van der Waals surface area contributed by atoms with Gasteiger partial charge in [-0.15, -0.1) is 0 Å². The van der Waals surface area contributed by atoms with Gasteiger partial charge in [-0.1, -0.05) is 84.9 Å². The second kappa shape index (κ2) is 11.1. The van der Waals surface area contributed by atoms with Gasteiger partial charge in [-0.25, -0.2) is 0 Å². The number of halogens is 1. The predicted molar refractivity (Wildman–Crippen MR) is 140 cm³/mol. The molecule has 0 saturated carbocycles. The van der Waals surface area contributed by atoms with Gasteiger partial charge in [0.1, 0.15) is 28.3 Å². The largest absolute Gasteiger partial charge is 1.00 e. The molecule has 0 radical (unpaired) electrons. The molecule has 0 aliphatic heterocycles. The zero-order valence-electron chi connectivity index (χ0n) is 19.3. The Hall–Kier alpha value is -2.44. The van der Waals surface area contributed by atoms with E-state index in [1.54, 1.807) is 0 Å². The molecule has 0 heterocycles. The first-order valence-corrected chi connectivity index (χ1v) is 13.1. The number of aliphatic hydroxyl groups excluding tert-OH is 1. The molecule has 0 bridgehead atoms. The average molecular weight is 475 g/mol. The van der Waals surface area contributed by atoms with Crippen molar-refractivity contribution in [3.63, 3.8) is 0 Å². The van der Waals surface area contributed by atoms with E-state index in [2.05, 4.69) is 129 Å². The van der Waals surface area contributed by atoms with E-state index in [0.717, 1.165) is 12.8 Å². The summed E-state index contributed by atoms with van der Waals surface area (Å²) in [6.07, 6.45) is 1.13. The van der Waals surface area contributed by atoms with Crippen molar-refractivity contribution in [2.75, 3.05) is 0 Å². The zero-order valence-corrected chi connectivity index (χ0v) is 21.0. The van der Waals surface area contributed by atoms with E-state index >= 15 is 0 Å². The van der Waals surface area contributed by atoms with Crippen LogP contribution in [0, 0.1) is 0 Å². The molecular formula is C30H32ClOP. The molecule has 0 amide bonds. The van der Waals surface area contributed by atoms with E-state index in [9.17, 15) is 5.11 Å². The van der Waals surface area contributed by atoms with Gasteiger partial charge in [0.25, 0.3) is 0 Å².